The Kier molecular flexibility index (Phi) is 6.31. The van der Waals surface area contributed by atoms with Crippen LogP contribution in [0, 0.1) is 0 Å². The summed E-state index contributed by atoms with van der Waals surface area (Å²) in [4.78, 5) is 26.6. The first-order valence-corrected chi connectivity index (χ1v) is 8.56. The minimum atomic E-state index is -0.496. The first-order chi connectivity index (χ1) is 10.7. The van der Waals surface area contributed by atoms with Crippen LogP contribution < -0.4 is 5.32 Å². The lowest BCUT2D eigenvalue weighted by molar-refractivity contribution is -0.148. The Morgan fingerprint density at radius 1 is 1.23 bits per heavy atom. The molecule has 1 aliphatic rings. The molecule has 1 aromatic rings. The number of piperazine rings is 1. The third-order valence-electron chi connectivity index (χ3n) is 4.07. The molecular weight excluding hydrogens is 296 g/mol. The maximum atomic E-state index is 12.6. The van der Waals surface area contributed by atoms with Crippen LogP contribution in [0.5, 0.6) is 0 Å². The van der Waals surface area contributed by atoms with Gasteiger partial charge in [0, 0.05) is 12.3 Å². The van der Waals surface area contributed by atoms with Gasteiger partial charge in [-0.25, -0.2) is 0 Å². The fourth-order valence-corrected chi connectivity index (χ4v) is 3.04. The Balaban J connectivity index is 2.09. The molecule has 4 nitrogen and oxygen atoms in total. The number of amides is 2. The van der Waals surface area contributed by atoms with Crippen LogP contribution in [-0.4, -0.2) is 41.1 Å². The molecule has 22 heavy (non-hydrogen) atoms. The second-order valence-corrected chi connectivity index (χ2v) is 6.03. The van der Waals surface area contributed by atoms with E-state index in [0.29, 0.717) is 12.3 Å². The summed E-state index contributed by atoms with van der Waals surface area (Å²) in [6.45, 7) is 2.67. The van der Waals surface area contributed by atoms with Gasteiger partial charge in [0.25, 0.3) is 0 Å². The first-order valence-electron chi connectivity index (χ1n) is 7.93. The number of carbonyl (C=O) groups is 2. The molecule has 2 atom stereocenters. The quantitative estimate of drug-likeness (QED) is 0.756. The lowest BCUT2D eigenvalue weighted by Crippen LogP contribution is -2.64. The molecule has 0 radical (unpaired) electrons. The van der Waals surface area contributed by atoms with Crippen LogP contribution >= 0.6 is 12.6 Å². The van der Waals surface area contributed by atoms with Crippen molar-refractivity contribution in [3.05, 3.63) is 35.9 Å². The van der Waals surface area contributed by atoms with E-state index in [0.717, 1.165) is 25.7 Å². The van der Waals surface area contributed by atoms with E-state index in [1.165, 1.54) is 5.56 Å². The molecule has 1 aliphatic heterocycles. The van der Waals surface area contributed by atoms with Crippen molar-refractivity contribution in [1.29, 1.82) is 0 Å². The van der Waals surface area contributed by atoms with Crippen molar-refractivity contribution in [2.24, 2.45) is 0 Å². The zero-order valence-electron chi connectivity index (χ0n) is 13.0. The summed E-state index contributed by atoms with van der Waals surface area (Å²) in [5.74, 6) is 0.291. The Morgan fingerprint density at radius 3 is 2.59 bits per heavy atom. The number of unbranched alkanes of at least 4 members (excludes halogenated alkanes) is 1. The topological polar surface area (TPSA) is 49.4 Å². The Bertz CT molecular complexity index is 507. The number of carbonyl (C=O) groups excluding carboxylic acids is 2. The normalized spacial score (nSPS) is 21.8. The van der Waals surface area contributed by atoms with Crippen molar-refractivity contribution >= 4 is 24.4 Å². The van der Waals surface area contributed by atoms with Crippen molar-refractivity contribution in [2.45, 2.75) is 44.7 Å². The first kappa shape index (κ1) is 16.9. The second kappa shape index (κ2) is 8.22. The fourth-order valence-electron chi connectivity index (χ4n) is 2.79. The highest BCUT2D eigenvalue weighted by atomic mass is 32.1. The van der Waals surface area contributed by atoms with E-state index >= 15 is 0 Å². The zero-order chi connectivity index (χ0) is 15.9. The molecule has 0 spiro atoms. The molecule has 2 rings (SSSR count). The van der Waals surface area contributed by atoms with E-state index in [1.807, 2.05) is 30.3 Å². The molecule has 0 aromatic heterocycles. The molecule has 5 heteroatoms. The second-order valence-electron chi connectivity index (χ2n) is 5.67. The largest absolute Gasteiger partial charge is 0.342 e. The molecule has 2 unspecified atom stereocenters. The number of benzene rings is 1. The Morgan fingerprint density at radius 2 is 1.95 bits per heavy atom. The highest BCUT2D eigenvalue weighted by Gasteiger charge is 2.38. The van der Waals surface area contributed by atoms with E-state index < -0.39 is 6.04 Å². The summed E-state index contributed by atoms with van der Waals surface area (Å²) in [5.41, 5.74) is 1.18. The smallest absolute Gasteiger partial charge is 0.246 e. The third kappa shape index (κ3) is 4.03. The molecule has 2 amide bonds. The van der Waals surface area contributed by atoms with Gasteiger partial charge in [-0.15, -0.1) is 0 Å². The summed E-state index contributed by atoms with van der Waals surface area (Å²) in [5, 5.41) is 2.80. The van der Waals surface area contributed by atoms with Crippen LogP contribution in [0.2, 0.25) is 0 Å². The number of rotatable bonds is 7. The van der Waals surface area contributed by atoms with Crippen LogP contribution in [0.3, 0.4) is 0 Å². The van der Waals surface area contributed by atoms with E-state index in [1.54, 1.807) is 4.90 Å². The molecule has 1 heterocycles. The number of hydrogen-bond acceptors (Lipinski definition) is 3. The minimum Gasteiger partial charge on any atom is -0.342 e. The Hall–Kier alpha value is -1.49. The Labute approximate surface area is 137 Å². The molecule has 1 aromatic carbocycles. The van der Waals surface area contributed by atoms with E-state index in [4.69, 9.17) is 0 Å². The number of nitrogens with zero attached hydrogens (tertiary/aromatic N) is 1. The van der Waals surface area contributed by atoms with Crippen molar-refractivity contribution in [1.82, 2.24) is 10.2 Å². The summed E-state index contributed by atoms with van der Waals surface area (Å²) in [6, 6.07) is 9.22. The number of thiol groups is 1. The summed E-state index contributed by atoms with van der Waals surface area (Å²) in [7, 11) is 0. The SMILES string of the molecule is CCCCC1C(=O)NC(CS)C(=O)N1CCc1ccccc1. The lowest BCUT2D eigenvalue weighted by atomic mass is 10.0. The number of hydrogen-bond donors (Lipinski definition) is 2. The molecular formula is C17H24N2O2S. The summed E-state index contributed by atoms with van der Waals surface area (Å²) < 4.78 is 0. The van der Waals surface area contributed by atoms with Crippen LogP contribution in [0.15, 0.2) is 30.3 Å². The molecule has 0 aliphatic carbocycles. The van der Waals surface area contributed by atoms with Gasteiger partial charge in [-0.2, -0.15) is 12.6 Å². The van der Waals surface area contributed by atoms with Gasteiger partial charge in [-0.3, -0.25) is 9.59 Å². The van der Waals surface area contributed by atoms with Gasteiger partial charge < -0.3 is 10.2 Å². The average molecular weight is 320 g/mol. The van der Waals surface area contributed by atoms with Gasteiger partial charge in [0.2, 0.25) is 11.8 Å². The maximum Gasteiger partial charge on any atom is 0.246 e. The molecule has 1 saturated heterocycles. The standard InChI is InChI=1S/C17H24N2O2S/c1-2-3-9-15-16(20)18-14(12-22)17(21)19(15)11-10-13-7-5-4-6-8-13/h4-8,14-15,22H,2-3,9-12H2,1H3,(H,18,20). The van der Waals surface area contributed by atoms with Crippen molar-refractivity contribution < 1.29 is 9.59 Å². The molecule has 1 N–H and O–H groups in total. The van der Waals surface area contributed by atoms with Gasteiger partial charge in [-0.1, -0.05) is 50.1 Å². The highest BCUT2D eigenvalue weighted by Crippen LogP contribution is 2.17. The molecule has 0 saturated carbocycles. The van der Waals surface area contributed by atoms with Gasteiger partial charge in [-0.05, 0) is 18.4 Å². The summed E-state index contributed by atoms with van der Waals surface area (Å²) >= 11 is 4.18. The monoisotopic (exact) mass is 320 g/mol. The van der Waals surface area contributed by atoms with Crippen molar-refractivity contribution in [3.8, 4) is 0 Å². The average Bonchev–Trinajstić information content (AvgIpc) is 2.55. The van der Waals surface area contributed by atoms with Gasteiger partial charge in [0.15, 0.2) is 0 Å². The predicted molar refractivity (Wildman–Crippen MR) is 91.0 cm³/mol. The predicted octanol–water partition coefficient (Wildman–Crippen LogP) is 2.04. The zero-order valence-corrected chi connectivity index (χ0v) is 13.9. The molecule has 120 valence electrons. The maximum absolute atomic E-state index is 12.6. The molecule has 1 fully saturated rings. The lowest BCUT2D eigenvalue weighted by Gasteiger charge is -2.38. The van der Waals surface area contributed by atoms with Crippen molar-refractivity contribution in [3.63, 3.8) is 0 Å². The highest BCUT2D eigenvalue weighted by molar-refractivity contribution is 7.80. The van der Waals surface area contributed by atoms with Gasteiger partial charge in [0.05, 0.1) is 0 Å². The minimum absolute atomic E-state index is 0.00775. The van der Waals surface area contributed by atoms with Crippen LogP contribution in [0.1, 0.15) is 31.7 Å². The fraction of sp³-hybridized carbons (Fsp3) is 0.529. The van der Waals surface area contributed by atoms with Crippen LogP contribution in [0.25, 0.3) is 0 Å². The van der Waals surface area contributed by atoms with Gasteiger partial charge >= 0.3 is 0 Å². The van der Waals surface area contributed by atoms with Crippen LogP contribution in [0.4, 0.5) is 0 Å². The van der Waals surface area contributed by atoms with E-state index in [2.05, 4.69) is 24.9 Å². The van der Waals surface area contributed by atoms with Crippen molar-refractivity contribution in [2.75, 3.05) is 12.3 Å². The summed E-state index contributed by atoms with van der Waals surface area (Å²) in [6.07, 6.45) is 3.45. The van der Waals surface area contributed by atoms with Crippen LogP contribution in [-0.2, 0) is 16.0 Å². The van der Waals surface area contributed by atoms with E-state index in [9.17, 15) is 9.59 Å². The molecule has 0 bridgehead atoms. The van der Waals surface area contributed by atoms with Gasteiger partial charge in [0.1, 0.15) is 12.1 Å². The number of nitrogens with one attached hydrogen (secondary N) is 1. The van der Waals surface area contributed by atoms with E-state index in [-0.39, 0.29) is 17.9 Å². The third-order valence-corrected chi connectivity index (χ3v) is 4.44.